The number of esters is 12. The first-order valence-corrected chi connectivity index (χ1v) is 43.4. The fraction of sp³-hybridized carbons (Fsp3) is 0.455. The van der Waals surface area contributed by atoms with Crippen LogP contribution in [-0.4, -0.2) is 215 Å². The molecule has 0 radical (unpaired) electrons. The van der Waals surface area contributed by atoms with Crippen LogP contribution in [0.2, 0.25) is 0 Å². The Balaban J connectivity index is -0.000000713. The molecule has 1 heterocycles. The molecule has 36 nitrogen and oxygen atoms in total. The average Bonchev–Trinajstić information content (AvgIpc) is 1.67. The minimum atomic E-state index is -0.808. The van der Waals surface area contributed by atoms with Gasteiger partial charge in [0.1, 0.15) is 52.0 Å². The number of furan rings is 1. The lowest BCUT2D eigenvalue weighted by molar-refractivity contribution is -0.149. The fourth-order valence-electron chi connectivity index (χ4n) is 9.59. The summed E-state index contributed by atoms with van der Waals surface area (Å²) >= 11 is 5.21. The van der Waals surface area contributed by atoms with E-state index in [-0.39, 0.29) is 199 Å². The normalized spacial score (nSPS) is 12.1. The molecule has 0 aliphatic heterocycles. The van der Waals surface area contributed by atoms with Gasteiger partial charge in [-0.25, -0.2) is 52.7 Å². The Morgan fingerprint density at radius 3 is 0.912 bits per heavy atom. The summed E-state index contributed by atoms with van der Waals surface area (Å²) < 4.78 is 65.6. The van der Waals surface area contributed by atoms with E-state index in [0.717, 1.165) is 95.1 Å². The van der Waals surface area contributed by atoms with E-state index in [9.17, 15) is 105 Å². The standard InChI is InChI=1S/C12H12O3.C12H18O3.C11H16O3.C10H12O5.C10H10O4.C10H14O3.C9H12O5.C9H12O3.C8H11ClO3.C8H12O4/c1-9(10(2)13)12(14)15-8-11-6-4-3-5-7-11;1-3-15-12(14)9(2)11(13)10-7-5-4-6-8-10;1-3-14-11(13)8(2)10(12)9-6-4-5-7-9;1-4-9(12)14-5-6-15-10(13)7(2)8(3)11;1-7(8(2)11)10(12)14-6-9-4-3-5-13-9;1-3-13-10(12)7(2)9(11)8-5-4-6-8;1-6(7(2)10)9(12)14-5-4-13-8(3)11;1-3-12-9(11)6(2)8(10)7-4-5-7;1-5(2)12-8(11)6(3)7(10)4-9;1-6(7(2)9)8(10)12-5-4-11-3/h3-7H,1,8H2,2H3;10H,2-8H2,1H3;9H,2-7H2,1H3;4H,1-2,5-6H2,3H3;3-5H,1,6H2,2H3;8H,2-6H2,1H3;1,4-5H2,2-3H3;7H,2-5H2,1H3;5H,3-4H2,1-2H3;1,4-5H2,2-3H3. The number of hydrogen-bond acceptors (Lipinski definition) is 36. The van der Waals surface area contributed by atoms with Crippen LogP contribution in [0.1, 0.15) is 184 Å². The summed E-state index contributed by atoms with van der Waals surface area (Å²) in [6.07, 6.45) is 15.9. The summed E-state index contributed by atoms with van der Waals surface area (Å²) in [7, 11) is 1.49. The van der Waals surface area contributed by atoms with Crippen molar-refractivity contribution in [1.29, 1.82) is 0 Å². The Bertz CT molecular complexity index is 4560. The van der Waals surface area contributed by atoms with E-state index in [4.69, 9.17) is 39.7 Å². The van der Waals surface area contributed by atoms with Crippen molar-refractivity contribution in [1.82, 2.24) is 0 Å². The highest BCUT2D eigenvalue weighted by atomic mass is 35.5. The van der Waals surface area contributed by atoms with Crippen LogP contribution in [0.5, 0.6) is 0 Å². The number of alkyl halides is 1. The molecule has 0 atom stereocenters. The van der Waals surface area contributed by atoms with Gasteiger partial charge in [0.05, 0.1) is 107 Å². The van der Waals surface area contributed by atoms with E-state index in [1.54, 1.807) is 53.7 Å². The molecule has 0 saturated heterocycles. The number of methoxy groups -OCH3 is 1. The number of carbonyl (C=O) groups is 22. The van der Waals surface area contributed by atoms with Gasteiger partial charge in [-0.3, -0.25) is 52.7 Å². The Morgan fingerprint density at radius 1 is 0.346 bits per heavy atom. The van der Waals surface area contributed by atoms with Gasteiger partial charge >= 0.3 is 71.6 Å². The van der Waals surface area contributed by atoms with Crippen molar-refractivity contribution in [2.24, 2.45) is 23.7 Å². The molecule has 0 unspecified atom stereocenters. The molecule has 4 aliphatic rings. The number of ketones is 10. The molecule has 0 amide bonds. The number of ether oxygens (including phenoxy) is 13. The molecule has 4 aliphatic carbocycles. The quantitative estimate of drug-likeness (QED) is 0.0113. The van der Waals surface area contributed by atoms with Crippen LogP contribution in [0.15, 0.2) is 187 Å². The van der Waals surface area contributed by atoms with E-state index in [1.165, 1.54) is 61.3 Å². The summed E-state index contributed by atoms with van der Waals surface area (Å²) in [4.78, 5) is 242. The van der Waals surface area contributed by atoms with Gasteiger partial charge in [0.25, 0.3) is 0 Å². The number of hydrogen-bond donors (Lipinski definition) is 0. The summed E-state index contributed by atoms with van der Waals surface area (Å²) in [5.74, 6) is -10.4. The predicted molar refractivity (Wildman–Crippen MR) is 494 cm³/mol. The van der Waals surface area contributed by atoms with Gasteiger partial charge in [0.2, 0.25) is 0 Å². The first kappa shape index (κ1) is 129. The molecule has 0 N–H and O–H groups in total. The predicted octanol–water partition coefficient (Wildman–Crippen LogP) is 12.3. The van der Waals surface area contributed by atoms with Crippen molar-refractivity contribution >= 4 is 141 Å². The van der Waals surface area contributed by atoms with Gasteiger partial charge in [0, 0.05) is 43.8 Å². The van der Waals surface area contributed by atoms with E-state index < -0.39 is 94.8 Å². The van der Waals surface area contributed by atoms with Crippen LogP contribution < -0.4 is 0 Å². The molecular weight excluding hydrogens is 1800 g/mol. The summed E-state index contributed by atoms with van der Waals surface area (Å²) in [5.41, 5.74) is -0.138. The Morgan fingerprint density at radius 2 is 0.640 bits per heavy atom. The molecule has 136 heavy (non-hydrogen) atoms. The lowest BCUT2D eigenvalue weighted by atomic mass is 9.80. The third-order valence-corrected chi connectivity index (χ3v) is 18.1. The van der Waals surface area contributed by atoms with Gasteiger partial charge in [-0.2, -0.15) is 0 Å². The summed E-state index contributed by atoms with van der Waals surface area (Å²) in [6.45, 7) is 55.9. The molecular formula is C99H129ClO36. The molecule has 4 saturated carbocycles. The zero-order chi connectivity index (χ0) is 105. The number of carbonyl (C=O) groups excluding carboxylic acids is 22. The van der Waals surface area contributed by atoms with Gasteiger partial charge < -0.3 is 66.0 Å². The first-order chi connectivity index (χ1) is 63.9. The monoisotopic (exact) mass is 1930 g/mol. The van der Waals surface area contributed by atoms with E-state index in [1.807, 2.05) is 30.3 Å². The van der Waals surface area contributed by atoms with Gasteiger partial charge in [-0.15, -0.1) is 11.6 Å². The van der Waals surface area contributed by atoms with E-state index in [2.05, 4.69) is 110 Å². The molecule has 0 spiro atoms. The van der Waals surface area contributed by atoms with Crippen LogP contribution in [-0.2, 0) is 180 Å². The lowest BCUT2D eigenvalue weighted by Crippen LogP contribution is -2.27. The minimum Gasteiger partial charge on any atom is -0.466 e. The molecule has 1 aromatic heterocycles. The lowest BCUT2D eigenvalue weighted by Gasteiger charge is -2.23. The maximum atomic E-state index is 11.8. The highest BCUT2D eigenvalue weighted by molar-refractivity contribution is 6.34. The van der Waals surface area contributed by atoms with Gasteiger partial charge in [-0.1, -0.05) is 141 Å². The van der Waals surface area contributed by atoms with E-state index in [0.29, 0.717) is 12.4 Å². The third-order valence-electron chi connectivity index (χ3n) is 17.8. The maximum Gasteiger partial charge on any atom is 0.341 e. The zero-order valence-electron chi connectivity index (χ0n) is 80.0. The van der Waals surface area contributed by atoms with Crippen LogP contribution in [0, 0.1) is 23.7 Å². The van der Waals surface area contributed by atoms with Gasteiger partial charge in [0.15, 0.2) is 57.8 Å². The topological polar surface area (TPSA) is 509 Å². The number of Topliss-reactive ketones (excluding diaryl/α,β-unsaturated/α-hetero) is 10. The Kier molecular flexibility index (Phi) is 70.5. The highest BCUT2D eigenvalue weighted by Gasteiger charge is 2.35. The maximum absolute atomic E-state index is 11.8. The first-order valence-electron chi connectivity index (χ1n) is 42.8. The van der Waals surface area contributed by atoms with Gasteiger partial charge in [-0.05, 0) is 145 Å². The van der Waals surface area contributed by atoms with Crippen molar-refractivity contribution in [2.45, 2.75) is 192 Å². The zero-order valence-corrected chi connectivity index (χ0v) is 80.8. The Labute approximate surface area is 798 Å². The van der Waals surface area contributed by atoms with Crippen molar-refractivity contribution in [3.63, 3.8) is 0 Å². The summed E-state index contributed by atoms with van der Waals surface area (Å²) in [5, 5.41) is 0. The van der Waals surface area contributed by atoms with Crippen molar-refractivity contribution in [3.8, 4) is 0 Å². The second-order valence-electron chi connectivity index (χ2n) is 29.0. The Hall–Kier alpha value is -13.8. The highest BCUT2D eigenvalue weighted by Crippen LogP contribution is 2.33. The third kappa shape index (κ3) is 59.0. The molecule has 2 aromatic rings. The number of benzene rings is 1. The second-order valence-corrected chi connectivity index (χ2v) is 29.2. The van der Waals surface area contributed by atoms with Crippen molar-refractivity contribution in [3.05, 3.63) is 194 Å². The fourth-order valence-corrected chi connectivity index (χ4v) is 9.75. The molecule has 4 fully saturated rings. The molecule has 6 rings (SSSR count). The van der Waals surface area contributed by atoms with Crippen molar-refractivity contribution in [2.75, 3.05) is 79.1 Å². The number of halogens is 1. The van der Waals surface area contributed by atoms with Crippen LogP contribution in [0.4, 0.5) is 0 Å². The molecule has 0 bridgehead atoms. The molecule has 37 heteroatoms. The SMILES string of the molecule is C=C(C(=O)CCl)C(=O)OC(C)C.C=C(C(=O)OCC)C(=O)C1CC1.C=C(C(=O)OCC)C(=O)C1CCC1.C=C(C(=O)OCC)C(=O)C1CCCC1.C=C(C(=O)OCC)C(=O)C1CCCCC1.C=C(C(C)=O)C(=O)OCCOC.C=C(C(C)=O)C(=O)OCCOC(C)=O.C=C(C(C)=O)C(=O)OCc1ccccc1.C=C(C(C)=O)C(=O)OCc1ccco1.C=CC(=O)OCCOC(=O)C(=C)C(C)=O. The van der Waals surface area contributed by atoms with Crippen molar-refractivity contribution < 1.29 is 171 Å². The summed E-state index contributed by atoms with van der Waals surface area (Å²) in [6, 6.07) is 12.6. The van der Waals surface area contributed by atoms with E-state index >= 15 is 0 Å². The molecule has 1 aromatic carbocycles. The largest absolute Gasteiger partial charge is 0.466 e. The van der Waals surface area contributed by atoms with Crippen LogP contribution >= 0.6 is 11.6 Å². The number of rotatable bonds is 44. The average molecular weight is 1930 g/mol. The molecule has 748 valence electrons. The minimum absolute atomic E-state index is 0.000602. The second kappa shape index (κ2) is 74.6. The smallest absolute Gasteiger partial charge is 0.341 e. The van der Waals surface area contributed by atoms with Crippen LogP contribution in [0.3, 0.4) is 0 Å². The van der Waals surface area contributed by atoms with Crippen LogP contribution in [0.25, 0.3) is 0 Å².